The molecule has 0 atom stereocenters. The molecule has 120 valence electrons. The Bertz CT molecular complexity index is 568. The number of benzene rings is 1. The monoisotopic (exact) mass is 305 g/mol. The summed E-state index contributed by atoms with van der Waals surface area (Å²) in [5, 5.41) is 3.15. The zero-order valence-electron chi connectivity index (χ0n) is 14.3. The summed E-state index contributed by atoms with van der Waals surface area (Å²) in [4.78, 5) is 0. The van der Waals surface area contributed by atoms with Crippen LogP contribution >= 0.6 is 0 Å². The maximum absolute atomic E-state index is 13.3. The standard InChI is InChI=1S/C17H25BFNO2/c1-12-9-15(19)8-7-13(12)10-14(11-20-6)18-21-16(2,3)17(4,5)22-18/h7-10,20H,11H2,1-6H3. The van der Waals surface area contributed by atoms with Crippen molar-refractivity contribution >= 4 is 13.2 Å². The summed E-state index contributed by atoms with van der Waals surface area (Å²) in [6.45, 7) is 10.7. The van der Waals surface area contributed by atoms with Crippen molar-refractivity contribution in [2.45, 2.75) is 45.8 Å². The first-order chi connectivity index (χ1) is 10.2. The van der Waals surface area contributed by atoms with Crippen LogP contribution in [0.5, 0.6) is 0 Å². The third-order valence-corrected chi connectivity index (χ3v) is 4.51. The number of nitrogens with one attached hydrogen (secondary N) is 1. The molecule has 0 aliphatic carbocycles. The molecule has 1 heterocycles. The van der Waals surface area contributed by atoms with Gasteiger partial charge < -0.3 is 14.6 Å². The number of hydrogen-bond acceptors (Lipinski definition) is 3. The van der Waals surface area contributed by atoms with Crippen molar-refractivity contribution < 1.29 is 13.7 Å². The number of aryl methyl sites for hydroxylation is 1. The fraction of sp³-hybridized carbons (Fsp3) is 0.529. The molecule has 1 N–H and O–H groups in total. The molecule has 22 heavy (non-hydrogen) atoms. The van der Waals surface area contributed by atoms with E-state index in [0.717, 1.165) is 16.6 Å². The van der Waals surface area contributed by atoms with Crippen LogP contribution in [0, 0.1) is 12.7 Å². The molecule has 0 saturated carbocycles. The number of halogens is 1. The van der Waals surface area contributed by atoms with Crippen LogP contribution in [0.25, 0.3) is 6.08 Å². The average Bonchev–Trinajstić information content (AvgIpc) is 2.61. The topological polar surface area (TPSA) is 30.5 Å². The van der Waals surface area contributed by atoms with Gasteiger partial charge in [-0.1, -0.05) is 12.1 Å². The van der Waals surface area contributed by atoms with Gasteiger partial charge in [0.2, 0.25) is 0 Å². The normalized spacial score (nSPS) is 20.5. The molecule has 0 radical (unpaired) electrons. The van der Waals surface area contributed by atoms with Crippen LogP contribution in [0.1, 0.15) is 38.8 Å². The fourth-order valence-corrected chi connectivity index (χ4v) is 2.40. The van der Waals surface area contributed by atoms with Gasteiger partial charge in [0.1, 0.15) is 5.82 Å². The second kappa shape index (κ2) is 6.15. The highest BCUT2D eigenvalue weighted by atomic mass is 19.1. The van der Waals surface area contributed by atoms with Gasteiger partial charge in [0.25, 0.3) is 0 Å². The van der Waals surface area contributed by atoms with E-state index in [1.54, 1.807) is 6.07 Å². The summed E-state index contributed by atoms with van der Waals surface area (Å²) in [5.41, 5.74) is 2.12. The minimum Gasteiger partial charge on any atom is -0.400 e. The zero-order valence-corrected chi connectivity index (χ0v) is 14.3. The van der Waals surface area contributed by atoms with Crippen LogP contribution in [-0.4, -0.2) is 31.9 Å². The van der Waals surface area contributed by atoms with E-state index in [2.05, 4.69) is 5.32 Å². The molecular formula is C17H25BFNO2. The summed E-state index contributed by atoms with van der Waals surface area (Å²) in [5.74, 6) is -0.222. The molecule has 1 saturated heterocycles. The molecule has 1 aliphatic heterocycles. The van der Waals surface area contributed by atoms with Crippen LogP contribution < -0.4 is 5.32 Å². The quantitative estimate of drug-likeness (QED) is 0.865. The van der Waals surface area contributed by atoms with Gasteiger partial charge in [0, 0.05) is 6.54 Å². The molecule has 5 heteroatoms. The number of likely N-dealkylation sites (N-methyl/N-ethyl adjacent to an activating group) is 1. The Morgan fingerprint density at radius 2 is 1.82 bits per heavy atom. The van der Waals surface area contributed by atoms with E-state index in [-0.39, 0.29) is 17.0 Å². The van der Waals surface area contributed by atoms with Crippen LogP contribution in [-0.2, 0) is 9.31 Å². The van der Waals surface area contributed by atoms with Crippen molar-refractivity contribution in [3.8, 4) is 0 Å². The number of hydrogen-bond donors (Lipinski definition) is 1. The summed E-state index contributed by atoms with van der Waals surface area (Å²) < 4.78 is 25.5. The van der Waals surface area contributed by atoms with Crippen LogP contribution in [0.2, 0.25) is 0 Å². The zero-order chi connectivity index (χ0) is 16.5. The summed E-state index contributed by atoms with van der Waals surface area (Å²) in [6, 6.07) is 4.79. The SMILES string of the molecule is CNCC(=Cc1ccc(F)cc1C)B1OC(C)(C)C(C)(C)O1. The highest BCUT2D eigenvalue weighted by molar-refractivity contribution is 6.55. The lowest BCUT2D eigenvalue weighted by atomic mass is 9.76. The molecule has 0 aromatic heterocycles. The molecule has 1 aromatic carbocycles. The molecular weight excluding hydrogens is 280 g/mol. The first kappa shape index (κ1) is 17.2. The van der Waals surface area contributed by atoms with Crippen molar-refractivity contribution in [2.24, 2.45) is 0 Å². The van der Waals surface area contributed by atoms with Crippen LogP contribution in [0.15, 0.2) is 23.7 Å². The Kier molecular flexibility index (Phi) is 4.80. The third kappa shape index (κ3) is 3.42. The Morgan fingerprint density at radius 1 is 1.23 bits per heavy atom. The Balaban J connectivity index is 2.33. The van der Waals surface area contributed by atoms with Gasteiger partial charge in [-0.25, -0.2) is 4.39 Å². The molecule has 1 aromatic rings. The predicted molar refractivity (Wildman–Crippen MR) is 89.1 cm³/mol. The minimum atomic E-state index is -0.401. The van der Waals surface area contributed by atoms with Gasteiger partial charge in [-0.2, -0.15) is 0 Å². The predicted octanol–water partition coefficient (Wildman–Crippen LogP) is 3.37. The molecule has 3 nitrogen and oxygen atoms in total. The van der Waals surface area contributed by atoms with Crippen molar-refractivity contribution in [1.82, 2.24) is 5.32 Å². The maximum atomic E-state index is 13.3. The molecule has 0 unspecified atom stereocenters. The third-order valence-electron chi connectivity index (χ3n) is 4.51. The van der Waals surface area contributed by atoms with E-state index in [9.17, 15) is 4.39 Å². The molecule has 1 aliphatic rings. The molecule has 0 bridgehead atoms. The second-order valence-electron chi connectivity index (χ2n) is 6.84. The highest BCUT2D eigenvalue weighted by Gasteiger charge is 2.52. The fourth-order valence-electron chi connectivity index (χ4n) is 2.40. The van der Waals surface area contributed by atoms with Gasteiger partial charge in [-0.15, -0.1) is 0 Å². The maximum Gasteiger partial charge on any atom is 0.491 e. The van der Waals surface area contributed by atoms with Crippen molar-refractivity contribution in [1.29, 1.82) is 0 Å². The first-order valence-corrected chi connectivity index (χ1v) is 7.63. The van der Waals surface area contributed by atoms with E-state index in [1.807, 2.05) is 47.7 Å². The first-order valence-electron chi connectivity index (χ1n) is 7.63. The lowest BCUT2D eigenvalue weighted by Crippen LogP contribution is -2.41. The minimum absolute atomic E-state index is 0.222. The largest absolute Gasteiger partial charge is 0.491 e. The van der Waals surface area contributed by atoms with E-state index in [1.165, 1.54) is 12.1 Å². The lowest BCUT2D eigenvalue weighted by molar-refractivity contribution is 0.00578. The summed E-state index contributed by atoms with van der Waals surface area (Å²) in [6.07, 6.45) is 2.02. The van der Waals surface area contributed by atoms with E-state index < -0.39 is 7.12 Å². The Hall–Kier alpha value is -1.17. The van der Waals surface area contributed by atoms with Gasteiger partial charge in [-0.3, -0.25) is 0 Å². The van der Waals surface area contributed by atoms with E-state index in [4.69, 9.17) is 9.31 Å². The average molecular weight is 305 g/mol. The van der Waals surface area contributed by atoms with Gasteiger partial charge in [-0.05, 0) is 70.4 Å². The molecule has 1 fully saturated rings. The summed E-state index contributed by atoms with van der Waals surface area (Å²) >= 11 is 0. The van der Waals surface area contributed by atoms with Crippen LogP contribution in [0.4, 0.5) is 4.39 Å². The Labute approximate surface area is 133 Å². The Morgan fingerprint density at radius 3 is 2.32 bits per heavy atom. The summed E-state index contributed by atoms with van der Waals surface area (Å²) in [7, 11) is 1.48. The van der Waals surface area contributed by atoms with Crippen LogP contribution in [0.3, 0.4) is 0 Å². The van der Waals surface area contributed by atoms with Crippen molar-refractivity contribution in [2.75, 3.05) is 13.6 Å². The van der Waals surface area contributed by atoms with Gasteiger partial charge in [0.15, 0.2) is 0 Å². The van der Waals surface area contributed by atoms with E-state index in [0.29, 0.717) is 6.54 Å². The van der Waals surface area contributed by atoms with E-state index >= 15 is 0 Å². The molecule has 0 spiro atoms. The molecule has 2 rings (SSSR count). The lowest BCUT2D eigenvalue weighted by Gasteiger charge is -2.32. The van der Waals surface area contributed by atoms with Gasteiger partial charge >= 0.3 is 7.12 Å². The second-order valence-corrected chi connectivity index (χ2v) is 6.84. The smallest absolute Gasteiger partial charge is 0.400 e. The highest BCUT2D eigenvalue weighted by Crippen LogP contribution is 2.38. The number of rotatable bonds is 4. The van der Waals surface area contributed by atoms with Crippen molar-refractivity contribution in [3.63, 3.8) is 0 Å². The molecule has 0 amide bonds. The van der Waals surface area contributed by atoms with Crippen molar-refractivity contribution in [3.05, 3.63) is 40.6 Å². The van der Waals surface area contributed by atoms with Gasteiger partial charge in [0.05, 0.1) is 11.2 Å².